The fourth-order valence-electron chi connectivity index (χ4n) is 1.95. The summed E-state index contributed by atoms with van der Waals surface area (Å²) in [6.45, 7) is 5.93. The van der Waals surface area contributed by atoms with Gasteiger partial charge in [0.15, 0.2) is 0 Å². The molecule has 1 aromatic heterocycles. The highest BCUT2D eigenvalue weighted by molar-refractivity contribution is 7.11. The number of carbonyl (C=O) groups excluding carboxylic acids is 1. The van der Waals surface area contributed by atoms with Crippen LogP contribution in [0.5, 0.6) is 0 Å². The third-order valence-corrected chi connectivity index (χ3v) is 4.00. The van der Waals surface area contributed by atoms with Crippen LogP contribution in [0.4, 0.5) is 0 Å². The van der Waals surface area contributed by atoms with Crippen LogP contribution >= 0.6 is 36.2 Å². The number of amides is 1. The molecule has 1 saturated heterocycles. The number of nitrogens with one attached hydrogen (secondary N) is 2. The minimum absolute atomic E-state index is 0. The number of nitrogens with zero attached hydrogens (tertiary/aromatic N) is 1. The Labute approximate surface area is 124 Å². The molecule has 0 atom stereocenters. The van der Waals surface area contributed by atoms with Crippen molar-refractivity contribution in [2.24, 2.45) is 0 Å². The van der Waals surface area contributed by atoms with Gasteiger partial charge in [-0.3, -0.25) is 4.79 Å². The maximum atomic E-state index is 12.0. The fraction of sp³-hybridized carbons (Fsp3) is 0.636. The lowest BCUT2D eigenvalue weighted by Crippen LogP contribution is -2.52. The molecule has 0 saturated carbocycles. The molecule has 1 aromatic rings. The summed E-state index contributed by atoms with van der Waals surface area (Å²) in [7, 11) is 0. The Bertz CT molecular complexity index is 391. The number of thiazole rings is 1. The Morgan fingerprint density at radius 1 is 1.44 bits per heavy atom. The number of halogens is 2. The van der Waals surface area contributed by atoms with E-state index in [0.29, 0.717) is 0 Å². The maximum absolute atomic E-state index is 12.0. The minimum atomic E-state index is -0.0707. The molecule has 2 heterocycles. The lowest BCUT2D eigenvalue weighted by molar-refractivity contribution is 0.0891. The molecule has 104 valence electrons. The highest BCUT2D eigenvalue weighted by Crippen LogP contribution is 2.19. The molecule has 1 fully saturated rings. The van der Waals surface area contributed by atoms with E-state index in [4.69, 9.17) is 0 Å². The quantitative estimate of drug-likeness (QED) is 0.880. The van der Waals surface area contributed by atoms with Gasteiger partial charge in [0.1, 0.15) is 4.88 Å². The standard InChI is InChI=1S/C11H17N3OS.2ClH/c1-8-9(16-7-13-8)10(15)14-11(2)3-5-12-6-4-11;;/h7,12H,3-6H2,1-2H3,(H,14,15);2*1H. The zero-order valence-corrected chi connectivity index (χ0v) is 12.9. The van der Waals surface area contributed by atoms with Gasteiger partial charge in [-0.25, -0.2) is 4.98 Å². The van der Waals surface area contributed by atoms with Crippen LogP contribution in [0.25, 0.3) is 0 Å². The van der Waals surface area contributed by atoms with E-state index < -0.39 is 0 Å². The molecule has 2 N–H and O–H groups in total. The molecule has 18 heavy (non-hydrogen) atoms. The lowest BCUT2D eigenvalue weighted by atomic mass is 9.90. The molecular weight excluding hydrogens is 293 g/mol. The minimum Gasteiger partial charge on any atom is -0.346 e. The van der Waals surface area contributed by atoms with Crippen LogP contribution in [0.2, 0.25) is 0 Å². The number of piperidine rings is 1. The molecule has 0 aliphatic carbocycles. The normalized spacial score (nSPS) is 17.2. The average Bonchev–Trinajstić information content (AvgIpc) is 2.65. The van der Waals surface area contributed by atoms with Gasteiger partial charge in [-0.1, -0.05) is 0 Å². The third-order valence-electron chi connectivity index (χ3n) is 3.07. The van der Waals surface area contributed by atoms with E-state index >= 15 is 0 Å². The van der Waals surface area contributed by atoms with Crippen LogP contribution in [0.3, 0.4) is 0 Å². The maximum Gasteiger partial charge on any atom is 0.263 e. The number of carbonyl (C=O) groups is 1. The van der Waals surface area contributed by atoms with Crippen LogP contribution < -0.4 is 10.6 Å². The van der Waals surface area contributed by atoms with E-state index in [2.05, 4.69) is 22.5 Å². The second-order valence-corrected chi connectivity index (χ2v) is 5.39. The van der Waals surface area contributed by atoms with Gasteiger partial charge in [-0.05, 0) is 39.8 Å². The zero-order valence-electron chi connectivity index (χ0n) is 10.5. The van der Waals surface area contributed by atoms with Crippen LogP contribution in [-0.4, -0.2) is 29.5 Å². The largest absolute Gasteiger partial charge is 0.346 e. The monoisotopic (exact) mass is 311 g/mol. The molecule has 0 radical (unpaired) electrons. The SMILES string of the molecule is Cc1ncsc1C(=O)NC1(C)CCNCC1.Cl.Cl. The van der Waals surface area contributed by atoms with Crippen molar-refractivity contribution in [1.29, 1.82) is 0 Å². The van der Waals surface area contributed by atoms with Gasteiger partial charge in [0.05, 0.1) is 11.2 Å². The first-order valence-corrected chi connectivity index (χ1v) is 6.42. The highest BCUT2D eigenvalue weighted by Gasteiger charge is 2.29. The molecule has 0 unspecified atom stereocenters. The lowest BCUT2D eigenvalue weighted by Gasteiger charge is -2.34. The van der Waals surface area contributed by atoms with Gasteiger partial charge in [0.2, 0.25) is 0 Å². The molecule has 0 spiro atoms. The van der Waals surface area contributed by atoms with E-state index in [0.717, 1.165) is 36.5 Å². The van der Waals surface area contributed by atoms with Crippen molar-refractivity contribution >= 4 is 42.1 Å². The first-order valence-electron chi connectivity index (χ1n) is 5.54. The first kappa shape index (κ1) is 17.6. The van der Waals surface area contributed by atoms with Crippen LogP contribution in [-0.2, 0) is 0 Å². The number of aryl methyl sites for hydroxylation is 1. The Kier molecular flexibility index (Phi) is 7.14. The van der Waals surface area contributed by atoms with Crippen LogP contribution in [0, 0.1) is 6.92 Å². The molecule has 7 heteroatoms. The van der Waals surface area contributed by atoms with Crippen molar-refractivity contribution in [1.82, 2.24) is 15.6 Å². The summed E-state index contributed by atoms with van der Waals surface area (Å²) < 4.78 is 0. The molecule has 1 amide bonds. The summed E-state index contributed by atoms with van der Waals surface area (Å²) in [6, 6.07) is 0. The predicted molar refractivity (Wildman–Crippen MR) is 79.3 cm³/mol. The van der Waals surface area contributed by atoms with Crippen LogP contribution in [0.15, 0.2) is 5.51 Å². The van der Waals surface area contributed by atoms with Crippen LogP contribution in [0.1, 0.15) is 35.1 Å². The summed E-state index contributed by atoms with van der Waals surface area (Å²) >= 11 is 1.41. The van der Waals surface area contributed by atoms with E-state index in [1.807, 2.05) is 6.92 Å². The van der Waals surface area contributed by atoms with Gasteiger partial charge in [0, 0.05) is 5.54 Å². The number of aromatic nitrogens is 1. The Morgan fingerprint density at radius 2 is 2.06 bits per heavy atom. The predicted octanol–water partition coefficient (Wildman–Crippen LogP) is 2.17. The molecule has 1 aliphatic heterocycles. The summed E-state index contributed by atoms with van der Waals surface area (Å²) in [6.07, 6.45) is 1.97. The van der Waals surface area contributed by atoms with Gasteiger partial charge in [-0.15, -0.1) is 36.2 Å². The second-order valence-electron chi connectivity index (χ2n) is 4.53. The third kappa shape index (κ3) is 4.09. The summed E-state index contributed by atoms with van der Waals surface area (Å²) in [5.41, 5.74) is 2.47. The Morgan fingerprint density at radius 3 is 2.56 bits per heavy atom. The van der Waals surface area contributed by atoms with Gasteiger partial charge < -0.3 is 10.6 Å². The van der Waals surface area contributed by atoms with E-state index in [1.165, 1.54) is 11.3 Å². The van der Waals surface area contributed by atoms with Crippen molar-refractivity contribution < 1.29 is 4.79 Å². The molecular formula is C11H19Cl2N3OS. The topological polar surface area (TPSA) is 54.0 Å². The number of hydrogen-bond acceptors (Lipinski definition) is 4. The van der Waals surface area contributed by atoms with Crippen molar-refractivity contribution in [3.8, 4) is 0 Å². The van der Waals surface area contributed by atoms with Crippen molar-refractivity contribution in [3.63, 3.8) is 0 Å². The summed E-state index contributed by atoms with van der Waals surface area (Å²) in [5, 5.41) is 6.43. The first-order chi connectivity index (χ1) is 7.61. The van der Waals surface area contributed by atoms with Crippen molar-refractivity contribution in [2.75, 3.05) is 13.1 Å². The summed E-state index contributed by atoms with van der Waals surface area (Å²) in [4.78, 5) is 16.9. The smallest absolute Gasteiger partial charge is 0.263 e. The Balaban J connectivity index is 0.00000144. The van der Waals surface area contributed by atoms with Crippen molar-refractivity contribution in [2.45, 2.75) is 32.2 Å². The molecule has 0 bridgehead atoms. The molecule has 4 nitrogen and oxygen atoms in total. The summed E-state index contributed by atoms with van der Waals surface area (Å²) in [5.74, 6) is 0.0180. The van der Waals surface area contributed by atoms with Gasteiger partial charge in [0.25, 0.3) is 5.91 Å². The number of rotatable bonds is 2. The highest BCUT2D eigenvalue weighted by atomic mass is 35.5. The second kappa shape index (κ2) is 7.28. The van der Waals surface area contributed by atoms with E-state index in [-0.39, 0.29) is 36.3 Å². The van der Waals surface area contributed by atoms with E-state index in [1.54, 1.807) is 5.51 Å². The molecule has 1 aliphatic rings. The van der Waals surface area contributed by atoms with Gasteiger partial charge in [-0.2, -0.15) is 0 Å². The zero-order chi connectivity index (χ0) is 11.6. The fourth-order valence-corrected chi connectivity index (χ4v) is 2.65. The molecule has 0 aromatic carbocycles. The van der Waals surface area contributed by atoms with Crippen molar-refractivity contribution in [3.05, 3.63) is 16.1 Å². The van der Waals surface area contributed by atoms with E-state index in [9.17, 15) is 4.79 Å². The molecule has 2 rings (SSSR count). The number of hydrogen-bond donors (Lipinski definition) is 2. The average molecular weight is 312 g/mol. The van der Waals surface area contributed by atoms with Gasteiger partial charge >= 0.3 is 0 Å². The Hall–Kier alpha value is -0.360.